The first kappa shape index (κ1) is 4.59. The minimum Gasteiger partial charge on any atom is -0.349 e. The summed E-state index contributed by atoms with van der Waals surface area (Å²) in [5, 5.41) is 9.86. The van der Waals surface area contributed by atoms with Gasteiger partial charge in [-0.25, -0.2) is 0 Å². The van der Waals surface area contributed by atoms with Gasteiger partial charge in [0.25, 0.3) is 0 Å². The molecule has 1 heterocycles. The van der Waals surface area contributed by atoms with Gasteiger partial charge in [0, 0.05) is 13.1 Å². The highest BCUT2D eigenvalue weighted by atomic mass is 15.3. The summed E-state index contributed by atoms with van der Waals surface area (Å²) < 4.78 is 0. The van der Waals surface area contributed by atoms with E-state index in [9.17, 15) is 0 Å². The number of nitrogens with zero attached hydrogens (tertiary/aromatic N) is 1. The highest BCUT2D eigenvalue weighted by Crippen LogP contribution is 1.84. The zero-order valence-corrected chi connectivity index (χ0v) is 4.15. The third-order valence-electron chi connectivity index (χ3n) is 1.07. The lowest BCUT2D eigenvalue weighted by Crippen LogP contribution is -2.18. The van der Waals surface area contributed by atoms with Crippen molar-refractivity contribution < 1.29 is 0 Å². The van der Waals surface area contributed by atoms with Crippen LogP contribution in [0.25, 0.3) is 0 Å². The van der Waals surface area contributed by atoms with Gasteiger partial charge >= 0.3 is 0 Å². The monoisotopic (exact) mass is 99.1 g/mol. The molecule has 0 saturated carbocycles. The number of nitrogens with one attached hydrogen (secondary N) is 2. The summed E-state index contributed by atoms with van der Waals surface area (Å²) in [4.78, 5) is 1.92. The van der Waals surface area contributed by atoms with Gasteiger partial charge in [0.15, 0.2) is 0 Å². The molecule has 1 aliphatic heterocycles. The Labute approximate surface area is 42.8 Å². The van der Waals surface area contributed by atoms with E-state index in [1.165, 1.54) is 6.34 Å². The molecule has 0 radical (unpaired) electrons. The molecule has 0 unspecified atom stereocenters. The zero-order valence-electron chi connectivity index (χ0n) is 4.15. The summed E-state index contributed by atoms with van der Waals surface area (Å²) in [6, 6.07) is 0. The summed E-state index contributed by atoms with van der Waals surface area (Å²) >= 11 is 0. The van der Waals surface area contributed by atoms with Crippen molar-refractivity contribution in [1.29, 1.82) is 5.41 Å². The van der Waals surface area contributed by atoms with Crippen molar-refractivity contribution in [2.45, 2.75) is 0 Å². The summed E-state index contributed by atoms with van der Waals surface area (Å²) in [7, 11) is 0. The van der Waals surface area contributed by atoms with E-state index in [4.69, 9.17) is 5.41 Å². The van der Waals surface area contributed by atoms with Crippen LogP contribution in [0.5, 0.6) is 0 Å². The van der Waals surface area contributed by atoms with Crippen molar-refractivity contribution in [2.24, 2.45) is 0 Å². The van der Waals surface area contributed by atoms with Crippen molar-refractivity contribution in [3.05, 3.63) is 0 Å². The van der Waals surface area contributed by atoms with Gasteiger partial charge in [0.05, 0.1) is 13.0 Å². The molecule has 0 spiro atoms. The van der Waals surface area contributed by atoms with Crippen molar-refractivity contribution in [3.63, 3.8) is 0 Å². The summed E-state index contributed by atoms with van der Waals surface area (Å²) in [6.07, 6.45) is 1.36. The lowest BCUT2D eigenvalue weighted by atomic mass is 10.7. The maximum Gasteiger partial charge on any atom is 0.0828 e. The maximum atomic E-state index is 6.76. The first-order valence-corrected chi connectivity index (χ1v) is 2.39. The topological polar surface area (TPSA) is 39.1 Å². The van der Waals surface area contributed by atoms with Gasteiger partial charge in [-0.3, -0.25) is 10.7 Å². The van der Waals surface area contributed by atoms with Crippen LogP contribution in [0.2, 0.25) is 0 Å². The van der Waals surface area contributed by atoms with E-state index in [1.54, 1.807) is 0 Å². The minimum absolute atomic E-state index is 0.851. The van der Waals surface area contributed by atoms with E-state index >= 15 is 0 Å². The second-order valence-electron chi connectivity index (χ2n) is 1.60. The molecule has 0 bridgehead atoms. The zero-order chi connectivity index (χ0) is 5.11. The fraction of sp³-hybridized carbons (Fsp3) is 0.750. The van der Waals surface area contributed by atoms with Gasteiger partial charge in [-0.2, -0.15) is 0 Å². The molecule has 0 atom stereocenters. The average Bonchev–Trinajstić information content (AvgIpc) is 2.14. The number of hydrogen-bond acceptors (Lipinski definition) is 2. The number of hydrogen-bond donors (Lipinski definition) is 2. The molecule has 3 nitrogen and oxygen atoms in total. The highest BCUT2D eigenvalue weighted by Gasteiger charge is 2.03. The van der Waals surface area contributed by atoms with E-state index in [-0.39, 0.29) is 0 Å². The van der Waals surface area contributed by atoms with Gasteiger partial charge in [-0.05, 0) is 0 Å². The van der Waals surface area contributed by atoms with Gasteiger partial charge in [-0.15, -0.1) is 0 Å². The van der Waals surface area contributed by atoms with Crippen LogP contribution in [0, 0.1) is 5.41 Å². The van der Waals surface area contributed by atoms with Crippen LogP contribution in [0.3, 0.4) is 0 Å². The Morgan fingerprint density at radius 1 is 1.71 bits per heavy atom. The Morgan fingerprint density at radius 2 is 2.57 bits per heavy atom. The molecule has 1 fully saturated rings. The molecule has 0 aromatic heterocycles. The van der Waals surface area contributed by atoms with Crippen LogP contribution >= 0.6 is 0 Å². The van der Waals surface area contributed by atoms with E-state index in [0.29, 0.717) is 0 Å². The molecular weight excluding hydrogens is 90.1 g/mol. The van der Waals surface area contributed by atoms with Gasteiger partial charge in [-0.1, -0.05) is 0 Å². The van der Waals surface area contributed by atoms with Crippen LogP contribution in [0.1, 0.15) is 0 Å². The lowest BCUT2D eigenvalue weighted by Gasteiger charge is -2.04. The smallest absolute Gasteiger partial charge is 0.0828 e. The maximum absolute atomic E-state index is 6.76. The third kappa shape index (κ3) is 0.899. The highest BCUT2D eigenvalue weighted by molar-refractivity contribution is 5.50. The summed E-state index contributed by atoms with van der Waals surface area (Å²) in [5.41, 5.74) is 0. The molecule has 3 heteroatoms. The Morgan fingerprint density at radius 3 is 2.86 bits per heavy atom. The first-order valence-electron chi connectivity index (χ1n) is 2.39. The molecule has 0 amide bonds. The first-order chi connectivity index (χ1) is 3.43. The Hall–Kier alpha value is -0.570. The molecule has 40 valence electrons. The number of rotatable bonds is 1. The molecule has 1 saturated heterocycles. The molecule has 1 rings (SSSR count). The summed E-state index contributed by atoms with van der Waals surface area (Å²) in [5.74, 6) is 0. The Bertz CT molecular complexity index is 65.3. The predicted octanol–water partition coefficient (Wildman–Crippen LogP) is -0.544. The van der Waals surface area contributed by atoms with Gasteiger partial charge < -0.3 is 4.90 Å². The SMILES string of the molecule is N=CN1CCNC1. The van der Waals surface area contributed by atoms with Crippen LogP contribution < -0.4 is 5.32 Å². The fourth-order valence-electron chi connectivity index (χ4n) is 0.635. The lowest BCUT2D eigenvalue weighted by molar-refractivity contribution is 0.524. The molecule has 0 aliphatic carbocycles. The Balaban J connectivity index is 2.26. The normalized spacial score (nSPS) is 20.3. The largest absolute Gasteiger partial charge is 0.349 e. The summed E-state index contributed by atoms with van der Waals surface area (Å²) in [6.45, 7) is 2.86. The average molecular weight is 99.1 g/mol. The van der Waals surface area contributed by atoms with Crippen molar-refractivity contribution in [1.82, 2.24) is 10.2 Å². The van der Waals surface area contributed by atoms with Crippen LogP contribution in [-0.2, 0) is 0 Å². The van der Waals surface area contributed by atoms with E-state index in [2.05, 4.69) is 5.32 Å². The fourth-order valence-corrected chi connectivity index (χ4v) is 0.635. The van der Waals surface area contributed by atoms with Crippen LogP contribution in [0.4, 0.5) is 0 Å². The van der Waals surface area contributed by atoms with Crippen LogP contribution in [-0.4, -0.2) is 31.0 Å². The predicted molar refractivity (Wildman–Crippen MR) is 28.4 cm³/mol. The quantitative estimate of drug-likeness (QED) is 0.342. The van der Waals surface area contributed by atoms with E-state index in [1.807, 2.05) is 4.90 Å². The van der Waals surface area contributed by atoms with E-state index < -0.39 is 0 Å². The second kappa shape index (κ2) is 1.93. The van der Waals surface area contributed by atoms with E-state index in [0.717, 1.165) is 19.8 Å². The van der Waals surface area contributed by atoms with Gasteiger partial charge in [0.1, 0.15) is 0 Å². The second-order valence-corrected chi connectivity index (χ2v) is 1.60. The van der Waals surface area contributed by atoms with Gasteiger partial charge in [0.2, 0.25) is 0 Å². The Kier molecular flexibility index (Phi) is 1.26. The molecule has 1 aliphatic rings. The molecule has 2 N–H and O–H groups in total. The molecular formula is C4H9N3. The third-order valence-corrected chi connectivity index (χ3v) is 1.07. The minimum atomic E-state index is 0.851. The van der Waals surface area contributed by atoms with Crippen molar-refractivity contribution in [3.8, 4) is 0 Å². The molecule has 0 aromatic carbocycles. The molecule has 0 aromatic rings. The van der Waals surface area contributed by atoms with Crippen molar-refractivity contribution in [2.75, 3.05) is 19.8 Å². The van der Waals surface area contributed by atoms with Crippen molar-refractivity contribution >= 4 is 6.34 Å². The van der Waals surface area contributed by atoms with Crippen LogP contribution in [0.15, 0.2) is 0 Å². The standard InChI is InChI=1S/C4H9N3/c5-3-7-2-1-6-4-7/h3,5-6H,1-2,4H2. The molecule has 7 heavy (non-hydrogen) atoms.